The lowest BCUT2D eigenvalue weighted by atomic mass is 9.76. The zero-order valence-electron chi connectivity index (χ0n) is 22.8. The van der Waals surface area contributed by atoms with E-state index in [1.165, 1.54) is 11.3 Å². The summed E-state index contributed by atoms with van der Waals surface area (Å²) < 4.78 is 27.4. The summed E-state index contributed by atoms with van der Waals surface area (Å²) in [5.74, 6) is -1.73. The van der Waals surface area contributed by atoms with Crippen molar-refractivity contribution in [1.29, 1.82) is 0 Å². The van der Waals surface area contributed by atoms with Gasteiger partial charge in [-0.05, 0) is 54.3 Å². The van der Waals surface area contributed by atoms with E-state index in [4.69, 9.17) is 28.0 Å². The molecule has 1 saturated carbocycles. The molecule has 224 valence electrons. The fourth-order valence-electron chi connectivity index (χ4n) is 5.95. The van der Waals surface area contributed by atoms with E-state index in [9.17, 15) is 23.1 Å². The van der Waals surface area contributed by atoms with Crippen LogP contribution in [-0.4, -0.2) is 48.6 Å². The molecule has 5 rings (SSSR count). The van der Waals surface area contributed by atoms with E-state index in [2.05, 4.69) is 10.2 Å². The molecule has 4 atom stereocenters. The van der Waals surface area contributed by atoms with Crippen LogP contribution in [0.2, 0.25) is 10.0 Å². The van der Waals surface area contributed by atoms with E-state index in [1.54, 1.807) is 53.4 Å². The lowest BCUT2D eigenvalue weighted by Crippen LogP contribution is -2.59. The molecule has 9 nitrogen and oxygen atoms in total. The van der Waals surface area contributed by atoms with Crippen LogP contribution in [0.1, 0.15) is 68.9 Å². The minimum atomic E-state index is -3.58. The average molecular weight is 653 g/mol. The van der Waals surface area contributed by atoms with Crippen LogP contribution in [0.4, 0.5) is 0 Å². The first-order chi connectivity index (χ1) is 20.1. The third-order valence-corrected chi connectivity index (χ3v) is 9.99. The van der Waals surface area contributed by atoms with Gasteiger partial charge in [0, 0.05) is 37.4 Å². The topological polar surface area (TPSA) is 125 Å². The van der Waals surface area contributed by atoms with E-state index < -0.39 is 40.0 Å². The third-order valence-electron chi connectivity index (χ3n) is 7.65. The van der Waals surface area contributed by atoms with Crippen molar-refractivity contribution in [3.63, 3.8) is 0 Å². The smallest absolute Gasteiger partial charge is 0.255 e. The van der Waals surface area contributed by atoms with Crippen LogP contribution < -0.4 is 10.2 Å². The van der Waals surface area contributed by atoms with Crippen molar-refractivity contribution in [2.75, 3.05) is 6.26 Å². The Balaban J connectivity index is 1.58. The third kappa shape index (κ3) is 6.67. The van der Waals surface area contributed by atoms with Crippen LogP contribution in [0.3, 0.4) is 0 Å². The quantitative estimate of drug-likeness (QED) is 0.282. The number of nitrogens with zero attached hydrogens (tertiary/aromatic N) is 1. The summed E-state index contributed by atoms with van der Waals surface area (Å²) in [5, 5.41) is 10.0. The number of aliphatic hydroxyl groups is 1. The molecule has 2 heterocycles. The largest absolute Gasteiger partial charge is 0.391 e. The van der Waals surface area contributed by atoms with Gasteiger partial charge in [0.05, 0.1) is 24.8 Å². The number of carbonyl (C=O) groups excluding carboxylic acids is 2. The van der Waals surface area contributed by atoms with E-state index in [0.29, 0.717) is 34.6 Å². The van der Waals surface area contributed by atoms with Crippen molar-refractivity contribution in [3.8, 4) is 0 Å². The number of fused-ring (bicyclic) bond motifs is 1. The second kappa shape index (κ2) is 13.0. The van der Waals surface area contributed by atoms with Crippen LogP contribution in [0, 0.1) is 0 Å². The zero-order valence-corrected chi connectivity index (χ0v) is 25.9. The highest BCUT2D eigenvalue weighted by molar-refractivity contribution is 7.88. The number of sulfonamides is 1. The van der Waals surface area contributed by atoms with E-state index in [0.717, 1.165) is 28.9 Å². The number of hydrogen-bond donors (Lipinski definition) is 3. The Morgan fingerprint density at radius 2 is 1.81 bits per heavy atom. The molecule has 1 aliphatic heterocycles. The maximum Gasteiger partial charge on any atom is 0.255 e. The first kappa shape index (κ1) is 30.9. The van der Waals surface area contributed by atoms with Gasteiger partial charge in [0.2, 0.25) is 10.0 Å². The van der Waals surface area contributed by atoms with Crippen LogP contribution >= 0.6 is 34.5 Å². The number of hydroxylamine groups is 1. The van der Waals surface area contributed by atoms with Crippen molar-refractivity contribution in [2.24, 2.45) is 0 Å². The molecule has 42 heavy (non-hydrogen) atoms. The average Bonchev–Trinajstić information content (AvgIpc) is 3.41. The van der Waals surface area contributed by atoms with Crippen LogP contribution in [0.5, 0.6) is 0 Å². The molecule has 1 aromatic heterocycles. The molecule has 1 fully saturated rings. The Labute approximate surface area is 258 Å². The number of carbonyl (C=O) groups is 2. The molecule has 1 aliphatic carbocycles. The summed E-state index contributed by atoms with van der Waals surface area (Å²) in [6.07, 6.45) is 3.77. The molecular formula is C29H31Cl2N3O6S2. The fourth-order valence-corrected chi connectivity index (χ4v) is 8.09. The molecule has 13 heteroatoms. The Morgan fingerprint density at radius 3 is 2.52 bits per heavy atom. The normalized spacial score (nSPS) is 22.6. The number of benzene rings is 2. The molecule has 0 radical (unpaired) electrons. The van der Waals surface area contributed by atoms with Gasteiger partial charge in [-0.15, -0.1) is 11.3 Å². The molecule has 2 aliphatic rings. The van der Waals surface area contributed by atoms with Crippen molar-refractivity contribution in [3.05, 3.63) is 91.1 Å². The van der Waals surface area contributed by atoms with Gasteiger partial charge in [0.25, 0.3) is 11.8 Å². The highest BCUT2D eigenvalue weighted by Gasteiger charge is 2.49. The number of hydrogen-bond acceptors (Lipinski definition) is 7. The highest BCUT2D eigenvalue weighted by atomic mass is 35.5. The number of halogens is 2. The fraction of sp³-hybridized carbons (Fsp3) is 0.379. The van der Waals surface area contributed by atoms with E-state index >= 15 is 0 Å². The first-order valence-electron chi connectivity index (χ1n) is 13.5. The van der Waals surface area contributed by atoms with Gasteiger partial charge >= 0.3 is 0 Å². The van der Waals surface area contributed by atoms with Gasteiger partial charge in [-0.1, -0.05) is 60.3 Å². The lowest BCUT2D eigenvalue weighted by Gasteiger charge is -2.49. The monoisotopic (exact) mass is 651 g/mol. The van der Waals surface area contributed by atoms with Crippen LogP contribution in [0.25, 0.3) is 0 Å². The number of amides is 2. The SMILES string of the molecule is CS(=O)(=O)N[C@H]1CCCC[C@@H]1N1C(=O)c2ccccc2[C@@H](C(=O)NOCc2ccc(CO)s2)[C@@H]1c1ccc(Cl)cc1Cl. The number of thiophene rings is 1. The Morgan fingerprint density at radius 1 is 1.07 bits per heavy atom. The Kier molecular flexibility index (Phi) is 9.58. The van der Waals surface area contributed by atoms with Gasteiger partial charge in [-0.25, -0.2) is 18.6 Å². The predicted octanol–water partition coefficient (Wildman–Crippen LogP) is 4.94. The summed E-state index contributed by atoms with van der Waals surface area (Å²) in [7, 11) is -3.58. The van der Waals surface area contributed by atoms with Gasteiger partial charge in [0.15, 0.2) is 0 Å². The summed E-state index contributed by atoms with van der Waals surface area (Å²) in [6, 6.07) is 13.5. The summed E-state index contributed by atoms with van der Waals surface area (Å²) in [6.45, 7) is 0.00237. The summed E-state index contributed by atoms with van der Waals surface area (Å²) in [5.41, 5.74) is 3.95. The molecular weight excluding hydrogens is 621 g/mol. The van der Waals surface area contributed by atoms with Gasteiger partial charge in [0.1, 0.15) is 6.61 Å². The van der Waals surface area contributed by atoms with Crippen molar-refractivity contribution >= 4 is 56.4 Å². The lowest BCUT2D eigenvalue weighted by molar-refractivity contribution is -0.138. The highest BCUT2D eigenvalue weighted by Crippen LogP contribution is 2.47. The van der Waals surface area contributed by atoms with Gasteiger partial charge in [-0.2, -0.15) is 0 Å². The maximum atomic E-state index is 14.3. The van der Waals surface area contributed by atoms with Crippen molar-refractivity contribution in [1.82, 2.24) is 15.1 Å². The molecule has 0 spiro atoms. The minimum Gasteiger partial charge on any atom is -0.391 e. The predicted molar refractivity (Wildman–Crippen MR) is 162 cm³/mol. The number of rotatable bonds is 9. The zero-order chi connectivity index (χ0) is 30.0. The van der Waals surface area contributed by atoms with Crippen molar-refractivity contribution in [2.45, 2.75) is 62.9 Å². The molecule has 2 amide bonds. The molecule has 0 saturated heterocycles. The molecule has 0 unspecified atom stereocenters. The molecule has 3 N–H and O–H groups in total. The van der Waals surface area contributed by atoms with Gasteiger partial charge < -0.3 is 10.0 Å². The van der Waals surface area contributed by atoms with E-state index in [1.807, 2.05) is 6.07 Å². The number of nitrogens with one attached hydrogen (secondary N) is 2. The molecule has 0 bridgehead atoms. The second-order valence-corrected chi connectivity index (χ2v) is 14.4. The second-order valence-electron chi connectivity index (χ2n) is 10.5. The van der Waals surface area contributed by atoms with Crippen LogP contribution in [-0.2, 0) is 32.9 Å². The minimum absolute atomic E-state index is 0.0837. The van der Waals surface area contributed by atoms with Crippen molar-refractivity contribution < 1.29 is 28.0 Å². The molecule has 2 aromatic carbocycles. The van der Waals surface area contributed by atoms with Gasteiger partial charge in [-0.3, -0.25) is 14.4 Å². The Bertz CT molecular complexity index is 1580. The summed E-state index contributed by atoms with van der Waals surface area (Å²) >= 11 is 14.3. The summed E-state index contributed by atoms with van der Waals surface area (Å²) in [4.78, 5) is 37.2. The molecule has 3 aromatic rings. The first-order valence-corrected chi connectivity index (χ1v) is 17.0. The van der Waals surface area contributed by atoms with E-state index in [-0.39, 0.29) is 24.1 Å². The number of aliphatic hydroxyl groups excluding tert-OH is 1. The van der Waals surface area contributed by atoms with Crippen LogP contribution in [0.15, 0.2) is 54.6 Å². The Hall–Kier alpha value is -2.51. The standard InChI is InChI=1S/C29H31Cl2N3O6S2/c1-42(38,39)33-24-8-4-5-9-25(24)34-27(22-13-10-17(30)14-23(22)31)26(20-6-2-3-7-21(20)29(34)37)28(36)32-40-16-19-12-11-18(15-35)41-19/h2-3,6-7,10-14,24-27,33,35H,4-5,8-9,15-16H2,1H3,(H,32,36)/t24-,25-,26+,27-/m0/s1. The maximum absolute atomic E-state index is 14.3.